The van der Waals surface area contributed by atoms with Gasteiger partial charge in [-0.3, -0.25) is 14.6 Å². The molecule has 34 heavy (non-hydrogen) atoms. The Morgan fingerprint density at radius 1 is 1.12 bits per heavy atom. The van der Waals surface area contributed by atoms with Crippen LogP contribution in [0.4, 0.5) is 4.79 Å². The predicted molar refractivity (Wildman–Crippen MR) is 138 cm³/mol. The van der Waals surface area contributed by atoms with Crippen LogP contribution >= 0.6 is 22.6 Å². The van der Waals surface area contributed by atoms with Crippen molar-refractivity contribution in [1.29, 1.82) is 0 Å². The van der Waals surface area contributed by atoms with Crippen LogP contribution in [0.15, 0.2) is 83.6 Å². The molecule has 9 heteroatoms. The number of ether oxygens (including phenoxy) is 1. The number of carbonyl (C=O) groups excluding carboxylic acids is 2. The highest BCUT2D eigenvalue weighted by molar-refractivity contribution is 14.1. The Balaban J connectivity index is 1.81. The lowest BCUT2D eigenvalue weighted by Crippen LogP contribution is -2.44. The van der Waals surface area contributed by atoms with E-state index in [0.29, 0.717) is 25.3 Å². The highest BCUT2D eigenvalue weighted by Gasteiger charge is 2.26. The molecular formula is C25H27IN4O4. The lowest BCUT2D eigenvalue weighted by molar-refractivity contribution is -0.126. The van der Waals surface area contributed by atoms with Gasteiger partial charge in [-0.25, -0.2) is 4.79 Å². The molecule has 0 aliphatic carbocycles. The van der Waals surface area contributed by atoms with Crippen molar-refractivity contribution in [3.63, 3.8) is 0 Å². The van der Waals surface area contributed by atoms with Crippen molar-refractivity contribution in [2.45, 2.75) is 26.3 Å². The van der Waals surface area contributed by atoms with Gasteiger partial charge in [0.2, 0.25) is 5.91 Å². The number of halogens is 1. The van der Waals surface area contributed by atoms with Crippen molar-refractivity contribution < 1.29 is 14.3 Å². The minimum absolute atomic E-state index is 0.0519. The molecule has 2 aromatic rings. The maximum atomic E-state index is 13.1. The lowest BCUT2D eigenvalue weighted by Gasteiger charge is -2.32. The largest absolute Gasteiger partial charge is 0.441 e. The minimum atomic E-state index is -0.445. The van der Waals surface area contributed by atoms with E-state index in [4.69, 9.17) is 4.74 Å². The summed E-state index contributed by atoms with van der Waals surface area (Å²) < 4.78 is 7.28. The molecule has 8 nitrogen and oxygen atoms in total. The number of nitrogens with zero attached hydrogens (tertiary/aromatic N) is 4. The van der Waals surface area contributed by atoms with E-state index in [1.165, 1.54) is 11.8 Å². The summed E-state index contributed by atoms with van der Waals surface area (Å²) in [5.41, 5.74) is 1.80. The van der Waals surface area contributed by atoms with Gasteiger partial charge in [0, 0.05) is 42.4 Å². The summed E-state index contributed by atoms with van der Waals surface area (Å²) in [6, 6.07) is 17.3. The smallest absolute Gasteiger partial charge is 0.330 e. The Hall–Kier alpha value is -3.21. The van der Waals surface area contributed by atoms with Crippen molar-refractivity contribution >= 4 is 34.5 Å². The van der Waals surface area contributed by atoms with Gasteiger partial charge in [0.1, 0.15) is 5.75 Å². The zero-order chi connectivity index (χ0) is 24.5. The van der Waals surface area contributed by atoms with Crippen molar-refractivity contribution in [3.05, 3.63) is 92.5 Å². The highest BCUT2D eigenvalue weighted by atomic mass is 127. The van der Waals surface area contributed by atoms with Gasteiger partial charge in [-0.1, -0.05) is 35.5 Å². The molecule has 1 aliphatic rings. The number of allylic oxidation sites excluding steroid dienone is 1. The molecule has 0 bridgehead atoms. The van der Waals surface area contributed by atoms with Crippen molar-refractivity contribution in [3.8, 4) is 5.75 Å². The summed E-state index contributed by atoms with van der Waals surface area (Å²) in [5.74, 6) is 1.01. The van der Waals surface area contributed by atoms with Crippen LogP contribution in [0.3, 0.4) is 0 Å². The number of benzene rings is 2. The van der Waals surface area contributed by atoms with Crippen LogP contribution in [0.1, 0.15) is 25.3 Å². The molecule has 178 valence electrons. The molecule has 0 unspecified atom stereocenters. The quantitative estimate of drug-likeness (QED) is 0.230. The predicted octanol–water partition coefficient (Wildman–Crippen LogP) is 5.32. The SMILES string of the molecule is CC(=O)N(CCCN=O)C(=O)N(C)C1=CN(Cc2ccccc2)C(Oc2ccc(I)cc2)=CC1. The Morgan fingerprint density at radius 3 is 2.47 bits per heavy atom. The van der Waals surface area contributed by atoms with Crippen molar-refractivity contribution in [1.82, 2.24) is 14.7 Å². The molecule has 0 aromatic heterocycles. The molecule has 0 atom stereocenters. The van der Waals surface area contributed by atoms with Crippen LogP contribution in [0.25, 0.3) is 0 Å². The number of nitroso groups, excluding NO2 is 1. The van der Waals surface area contributed by atoms with E-state index in [-0.39, 0.29) is 19.0 Å². The minimum Gasteiger partial charge on any atom is -0.441 e. The number of rotatable bonds is 9. The fourth-order valence-corrected chi connectivity index (χ4v) is 3.80. The van der Waals surface area contributed by atoms with Gasteiger partial charge in [0.25, 0.3) is 0 Å². The molecule has 1 aliphatic heterocycles. The second-order valence-electron chi connectivity index (χ2n) is 7.75. The van der Waals surface area contributed by atoms with Crippen molar-refractivity contribution in [2.24, 2.45) is 5.18 Å². The average Bonchev–Trinajstić information content (AvgIpc) is 2.84. The molecule has 0 fully saturated rings. The summed E-state index contributed by atoms with van der Waals surface area (Å²) in [7, 11) is 1.64. The molecule has 0 saturated heterocycles. The topological polar surface area (TPSA) is 82.5 Å². The second kappa shape index (κ2) is 12.3. The third kappa shape index (κ3) is 6.89. The van der Waals surface area contributed by atoms with Gasteiger partial charge in [-0.15, -0.1) is 0 Å². The van der Waals surface area contributed by atoms with Crippen LogP contribution in [0, 0.1) is 8.48 Å². The number of imide groups is 1. The fraction of sp³-hybridized carbons (Fsp3) is 0.280. The molecule has 0 saturated carbocycles. The lowest BCUT2D eigenvalue weighted by atomic mass is 10.2. The molecule has 3 rings (SSSR count). The molecule has 3 amide bonds. The van der Waals surface area contributed by atoms with Gasteiger partial charge in [-0.05, 0) is 64.9 Å². The van der Waals surface area contributed by atoms with E-state index in [1.807, 2.05) is 71.8 Å². The van der Waals surface area contributed by atoms with Gasteiger partial charge in [0.05, 0.1) is 13.1 Å². The Bertz CT molecular complexity index is 1070. The van der Waals surface area contributed by atoms with E-state index in [2.05, 4.69) is 27.8 Å². The second-order valence-corrected chi connectivity index (χ2v) is 9.00. The molecule has 1 heterocycles. The first kappa shape index (κ1) is 25.4. The standard InChI is InChI=1S/C25H27IN4O4/c1-19(31)30(16-6-15-27-33)25(32)28(2)22-11-14-24(34-23-12-9-21(26)10-13-23)29(18-22)17-20-7-4-3-5-8-20/h3-5,7-10,12-14,18H,6,11,15-17H2,1-2H3. The molecule has 2 aromatic carbocycles. The summed E-state index contributed by atoms with van der Waals surface area (Å²) in [5, 5.41) is 2.81. The highest BCUT2D eigenvalue weighted by Crippen LogP contribution is 2.26. The third-order valence-electron chi connectivity index (χ3n) is 5.27. The van der Waals surface area contributed by atoms with Gasteiger partial charge in [-0.2, -0.15) is 4.91 Å². The van der Waals surface area contributed by atoms with Crippen LogP contribution in [-0.4, -0.2) is 46.8 Å². The summed E-state index contributed by atoms with van der Waals surface area (Å²) in [6.07, 6.45) is 4.58. The Kier molecular flexibility index (Phi) is 9.20. The van der Waals surface area contributed by atoms with Gasteiger partial charge >= 0.3 is 6.03 Å². The summed E-state index contributed by atoms with van der Waals surface area (Å²) in [6.45, 7) is 2.08. The zero-order valence-corrected chi connectivity index (χ0v) is 21.3. The van der Waals surface area contributed by atoms with Crippen molar-refractivity contribution in [2.75, 3.05) is 20.1 Å². The van der Waals surface area contributed by atoms with E-state index in [0.717, 1.165) is 25.5 Å². The molecule has 0 spiro atoms. The normalized spacial score (nSPS) is 13.0. The van der Waals surface area contributed by atoms with E-state index in [1.54, 1.807) is 7.05 Å². The first-order valence-corrected chi connectivity index (χ1v) is 12.0. The summed E-state index contributed by atoms with van der Waals surface area (Å²) >= 11 is 2.25. The monoisotopic (exact) mass is 574 g/mol. The first-order chi connectivity index (χ1) is 16.4. The van der Waals surface area contributed by atoms with E-state index in [9.17, 15) is 14.5 Å². The first-order valence-electron chi connectivity index (χ1n) is 10.9. The summed E-state index contributed by atoms with van der Waals surface area (Å²) in [4.78, 5) is 40.1. The molecule has 0 radical (unpaired) electrons. The number of hydrogen-bond donors (Lipinski definition) is 0. The third-order valence-corrected chi connectivity index (χ3v) is 5.98. The van der Waals surface area contributed by atoms with Gasteiger partial charge in [0.15, 0.2) is 5.88 Å². The Morgan fingerprint density at radius 2 is 1.82 bits per heavy atom. The fourth-order valence-electron chi connectivity index (χ4n) is 3.44. The Labute approximate surface area is 213 Å². The van der Waals surface area contributed by atoms with Crippen LogP contribution in [0.2, 0.25) is 0 Å². The van der Waals surface area contributed by atoms with Crippen LogP contribution in [-0.2, 0) is 11.3 Å². The number of urea groups is 1. The molecule has 0 N–H and O–H groups in total. The number of carbonyl (C=O) groups is 2. The maximum absolute atomic E-state index is 13.1. The maximum Gasteiger partial charge on any atom is 0.330 e. The van der Waals surface area contributed by atoms with Crippen LogP contribution in [0.5, 0.6) is 5.75 Å². The van der Waals surface area contributed by atoms with E-state index >= 15 is 0 Å². The number of amides is 3. The van der Waals surface area contributed by atoms with Crippen LogP contribution < -0.4 is 4.74 Å². The molecular weight excluding hydrogens is 547 g/mol. The van der Waals surface area contributed by atoms with Gasteiger partial charge < -0.3 is 9.64 Å². The number of hydrogen-bond acceptors (Lipinski definition) is 6. The average molecular weight is 574 g/mol. The van der Waals surface area contributed by atoms with E-state index < -0.39 is 6.03 Å². The zero-order valence-electron chi connectivity index (χ0n) is 19.2.